The predicted molar refractivity (Wildman–Crippen MR) is 120 cm³/mol. The molecule has 0 bridgehead atoms. The average molecular weight is 411 g/mol. The molecule has 0 spiro atoms. The molecule has 154 valence electrons. The molecule has 0 atom stereocenters. The van der Waals surface area contributed by atoms with Crippen molar-refractivity contribution in [2.45, 2.75) is 24.8 Å². The molecule has 5 heteroatoms. The van der Waals surface area contributed by atoms with Gasteiger partial charge in [-0.1, -0.05) is 66.7 Å². The Labute approximate surface area is 179 Å². The van der Waals surface area contributed by atoms with Gasteiger partial charge in [0.05, 0.1) is 16.5 Å². The molecule has 3 aromatic carbocycles. The second-order valence-corrected chi connectivity index (χ2v) is 7.94. The standard InChI is InChI=1S/C26H21NO4/c28-23-20-9-4-5-10-21(20)31-24(18-7-2-1-3-8-18)22(23)17-11-13-19(14-12-17)26(15-6-16-26)27-25(29)30/h1-5,7-14,27H,6,15-16H2,(H,29,30). The summed E-state index contributed by atoms with van der Waals surface area (Å²) < 4.78 is 6.21. The second-order valence-electron chi connectivity index (χ2n) is 7.94. The third-order valence-corrected chi connectivity index (χ3v) is 6.11. The third kappa shape index (κ3) is 3.28. The summed E-state index contributed by atoms with van der Waals surface area (Å²) in [5.74, 6) is 0.527. The molecule has 1 aliphatic rings. The fourth-order valence-electron chi connectivity index (χ4n) is 4.37. The lowest BCUT2D eigenvalue weighted by Gasteiger charge is -2.42. The highest BCUT2D eigenvalue weighted by Crippen LogP contribution is 2.42. The van der Waals surface area contributed by atoms with E-state index in [0.717, 1.165) is 36.0 Å². The van der Waals surface area contributed by atoms with Gasteiger partial charge in [-0.05, 0) is 42.5 Å². The van der Waals surface area contributed by atoms with Crippen molar-refractivity contribution in [3.8, 4) is 22.5 Å². The van der Waals surface area contributed by atoms with Crippen LogP contribution in [0.3, 0.4) is 0 Å². The van der Waals surface area contributed by atoms with Crippen molar-refractivity contribution in [2.75, 3.05) is 0 Å². The SMILES string of the molecule is O=C(O)NC1(c2ccc(-c3c(-c4ccccc4)oc4ccccc4c3=O)cc2)CCC1. The van der Waals surface area contributed by atoms with Crippen LogP contribution in [0.25, 0.3) is 33.4 Å². The Kier molecular flexibility index (Phi) is 4.59. The zero-order chi connectivity index (χ0) is 21.4. The number of fused-ring (bicyclic) bond motifs is 1. The summed E-state index contributed by atoms with van der Waals surface area (Å²) in [6, 6.07) is 24.4. The summed E-state index contributed by atoms with van der Waals surface area (Å²) in [6.45, 7) is 0. The van der Waals surface area contributed by atoms with E-state index in [1.807, 2.05) is 66.7 Å². The van der Waals surface area contributed by atoms with E-state index in [4.69, 9.17) is 4.42 Å². The largest absolute Gasteiger partial charge is 0.465 e. The van der Waals surface area contributed by atoms with E-state index in [1.54, 1.807) is 12.1 Å². The van der Waals surface area contributed by atoms with Crippen LogP contribution < -0.4 is 10.7 Å². The Balaban J connectivity index is 1.67. The molecule has 31 heavy (non-hydrogen) atoms. The molecule has 1 heterocycles. The molecule has 5 rings (SSSR count). The summed E-state index contributed by atoms with van der Waals surface area (Å²) in [6.07, 6.45) is 1.50. The highest BCUT2D eigenvalue weighted by molar-refractivity contribution is 5.89. The van der Waals surface area contributed by atoms with Gasteiger partial charge < -0.3 is 14.8 Å². The first-order valence-electron chi connectivity index (χ1n) is 10.3. The number of nitrogens with one attached hydrogen (secondary N) is 1. The molecule has 5 nitrogen and oxygen atoms in total. The Morgan fingerprint density at radius 2 is 1.55 bits per heavy atom. The number of amides is 1. The van der Waals surface area contributed by atoms with Gasteiger partial charge in [-0.25, -0.2) is 4.79 Å². The maximum Gasteiger partial charge on any atom is 0.405 e. The summed E-state index contributed by atoms with van der Waals surface area (Å²) >= 11 is 0. The van der Waals surface area contributed by atoms with Crippen LogP contribution >= 0.6 is 0 Å². The molecule has 0 saturated heterocycles. The van der Waals surface area contributed by atoms with Crippen LogP contribution in [0.4, 0.5) is 4.79 Å². The average Bonchev–Trinajstić information content (AvgIpc) is 2.77. The summed E-state index contributed by atoms with van der Waals surface area (Å²) in [4.78, 5) is 24.7. The first kappa shape index (κ1) is 19.1. The number of carboxylic acid groups (broad SMARTS) is 1. The molecule has 1 fully saturated rings. The first-order chi connectivity index (χ1) is 15.1. The van der Waals surface area contributed by atoms with E-state index < -0.39 is 11.6 Å². The van der Waals surface area contributed by atoms with Crippen LogP contribution in [0.5, 0.6) is 0 Å². The van der Waals surface area contributed by atoms with Gasteiger partial charge in [-0.2, -0.15) is 0 Å². The Morgan fingerprint density at radius 1 is 0.871 bits per heavy atom. The van der Waals surface area contributed by atoms with Gasteiger partial charge in [-0.15, -0.1) is 0 Å². The minimum absolute atomic E-state index is 0.0875. The number of rotatable bonds is 4. The second kappa shape index (κ2) is 7.43. The van der Waals surface area contributed by atoms with Crippen molar-refractivity contribution in [1.82, 2.24) is 5.32 Å². The predicted octanol–water partition coefficient (Wildman–Crippen LogP) is 5.77. The number of carbonyl (C=O) groups is 1. The zero-order valence-corrected chi connectivity index (χ0v) is 16.8. The number of hydrogen-bond donors (Lipinski definition) is 2. The highest BCUT2D eigenvalue weighted by Gasteiger charge is 2.40. The van der Waals surface area contributed by atoms with Gasteiger partial charge in [0.15, 0.2) is 0 Å². The minimum atomic E-state index is -1.02. The fraction of sp³-hybridized carbons (Fsp3) is 0.154. The molecule has 0 aliphatic heterocycles. The van der Waals surface area contributed by atoms with E-state index in [1.165, 1.54) is 0 Å². The van der Waals surface area contributed by atoms with Crippen LogP contribution in [0.1, 0.15) is 24.8 Å². The number of hydrogen-bond acceptors (Lipinski definition) is 3. The number of para-hydroxylation sites is 1. The fourth-order valence-corrected chi connectivity index (χ4v) is 4.37. The van der Waals surface area contributed by atoms with Crippen LogP contribution in [-0.2, 0) is 5.54 Å². The Bertz CT molecular complexity index is 1320. The van der Waals surface area contributed by atoms with Crippen molar-refractivity contribution in [2.24, 2.45) is 0 Å². The van der Waals surface area contributed by atoms with Crippen molar-refractivity contribution in [1.29, 1.82) is 0 Å². The monoisotopic (exact) mass is 411 g/mol. The summed E-state index contributed by atoms with van der Waals surface area (Å²) in [5.41, 5.74) is 2.91. The maximum absolute atomic E-state index is 13.5. The van der Waals surface area contributed by atoms with Crippen LogP contribution in [-0.4, -0.2) is 11.2 Å². The van der Waals surface area contributed by atoms with Gasteiger partial charge in [0, 0.05) is 5.56 Å². The van der Waals surface area contributed by atoms with Gasteiger partial charge in [0.25, 0.3) is 0 Å². The van der Waals surface area contributed by atoms with E-state index >= 15 is 0 Å². The Hall–Kier alpha value is -3.86. The molecule has 1 amide bonds. The van der Waals surface area contributed by atoms with E-state index in [0.29, 0.717) is 22.3 Å². The van der Waals surface area contributed by atoms with Crippen molar-refractivity contribution < 1.29 is 14.3 Å². The van der Waals surface area contributed by atoms with E-state index in [2.05, 4.69) is 5.32 Å². The molecule has 1 saturated carbocycles. The normalized spacial score (nSPS) is 14.7. The van der Waals surface area contributed by atoms with Crippen LogP contribution in [0.2, 0.25) is 0 Å². The zero-order valence-electron chi connectivity index (χ0n) is 16.8. The van der Waals surface area contributed by atoms with Gasteiger partial charge in [0.1, 0.15) is 11.3 Å². The molecule has 1 aromatic heterocycles. The lowest BCUT2D eigenvalue weighted by atomic mass is 9.71. The molecule has 0 unspecified atom stereocenters. The molecular weight excluding hydrogens is 390 g/mol. The summed E-state index contributed by atoms with van der Waals surface area (Å²) in [5, 5.41) is 12.5. The maximum atomic E-state index is 13.5. The van der Waals surface area contributed by atoms with E-state index in [9.17, 15) is 14.7 Å². The molecule has 4 aromatic rings. The molecule has 1 aliphatic carbocycles. The highest BCUT2D eigenvalue weighted by atomic mass is 16.4. The Morgan fingerprint density at radius 3 is 2.19 bits per heavy atom. The van der Waals surface area contributed by atoms with E-state index in [-0.39, 0.29) is 5.43 Å². The van der Waals surface area contributed by atoms with Crippen molar-refractivity contribution in [3.05, 3.63) is 94.6 Å². The first-order valence-corrected chi connectivity index (χ1v) is 10.3. The van der Waals surface area contributed by atoms with Crippen LogP contribution in [0.15, 0.2) is 88.1 Å². The van der Waals surface area contributed by atoms with Gasteiger partial charge >= 0.3 is 6.09 Å². The van der Waals surface area contributed by atoms with Gasteiger partial charge in [0.2, 0.25) is 5.43 Å². The van der Waals surface area contributed by atoms with Gasteiger partial charge in [-0.3, -0.25) is 4.79 Å². The number of benzene rings is 3. The lowest BCUT2D eigenvalue weighted by molar-refractivity contribution is 0.144. The molecule has 2 N–H and O–H groups in total. The smallest absolute Gasteiger partial charge is 0.405 e. The quantitative estimate of drug-likeness (QED) is 0.446. The molecular formula is C26H21NO4. The molecule has 0 radical (unpaired) electrons. The minimum Gasteiger partial charge on any atom is -0.465 e. The third-order valence-electron chi connectivity index (χ3n) is 6.11. The topological polar surface area (TPSA) is 79.5 Å². The van der Waals surface area contributed by atoms with Crippen molar-refractivity contribution in [3.63, 3.8) is 0 Å². The lowest BCUT2D eigenvalue weighted by Crippen LogP contribution is -2.50. The van der Waals surface area contributed by atoms with Crippen LogP contribution in [0, 0.1) is 0 Å². The van der Waals surface area contributed by atoms with Crippen molar-refractivity contribution >= 4 is 17.1 Å². The summed E-state index contributed by atoms with van der Waals surface area (Å²) in [7, 11) is 0.